The highest BCUT2D eigenvalue weighted by Crippen LogP contribution is 2.14. The second-order valence-electron chi connectivity index (χ2n) is 4.90. The Balaban J connectivity index is 1.91. The lowest BCUT2D eigenvalue weighted by Gasteiger charge is -2.14. The summed E-state index contributed by atoms with van der Waals surface area (Å²) in [6, 6.07) is 0.962. The summed E-state index contributed by atoms with van der Waals surface area (Å²) in [5.41, 5.74) is 6.02. The maximum atomic E-state index is 8.68. The normalized spacial score (nSPS) is 22.3. The Hall–Kier alpha value is -0.0951. The molecule has 0 amide bonds. The molecule has 1 saturated heterocycles. The van der Waals surface area contributed by atoms with E-state index in [1.165, 1.54) is 19.3 Å². The van der Waals surface area contributed by atoms with Crippen LogP contribution in [0.3, 0.4) is 0 Å². The highest BCUT2D eigenvalue weighted by atomic mass is 16.4. The van der Waals surface area contributed by atoms with Crippen LogP contribution in [0.2, 0.25) is 6.32 Å². The van der Waals surface area contributed by atoms with Crippen LogP contribution in [0.5, 0.6) is 0 Å². The smallest absolute Gasteiger partial charge is 0.427 e. The Morgan fingerprint density at radius 1 is 1.31 bits per heavy atom. The monoisotopic (exact) mass is 228 g/mol. The molecule has 1 heterocycles. The van der Waals surface area contributed by atoms with Gasteiger partial charge in [-0.25, -0.2) is 0 Å². The van der Waals surface area contributed by atoms with Crippen molar-refractivity contribution in [3.05, 3.63) is 0 Å². The van der Waals surface area contributed by atoms with E-state index < -0.39 is 7.12 Å². The molecule has 1 aliphatic heterocycles. The first-order valence-electron chi connectivity index (χ1n) is 6.53. The maximum absolute atomic E-state index is 8.68. The average Bonchev–Trinajstić information content (AvgIpc) is 2.74. The predicted octanol–water partition coefficient (Wildman–Crippen LogP) is 0.489. The Labute approximate surface area is 98.8 Å². The third-order valence-electron chi connectivity index (χ3n) is 3.34. The van der Waals surface area contributed by atoms with Gasteiger partial charge >= 0.3 is 7.12 Å². The van der Waals surface area contributed by atoms with E-state index in [-0.39, 0.29) is 6.04 Å². The fourth-order valence-electron chi connectivity index (χ4n) is 2.30. The number of hydrogen-bond acceptors (Lipinski definition) is 4. The summed E-state index contributed by atoms with van der Waals surface area (Å²) < 4.78 is 0. The Morgan fingerprint density at radius 3 is 2.75 bits per heavy atom. The van der Waals surface area contributed by atoms with Crippen molar-refractivity contribution in [3.63, 3.8) is 0 Å². The van der Waals surface area contributed by atoms with Gasteiger partial charge in [-0.3, -0.25) is 0 Å². The van der Waals surface area contributed by atoms with Crippen molar-refractivity contribution in [3.8, 4) is 0 Å². The minimum Gasteiger partial charge on any atom is -0.427 e. The summed E-state index contributed by atoms with van der Waals surface area (Å²) >= 11 is 0. The minimum atomic E-state index is -1.15. The number of rotatable bonds is 8. The predicted molar refractivity (Wildman–Crippen MR) is 67.1 cm³/mol. The molecule has 1 unspecified atom stereocenters. The summed E-state index contributed by atoms with van der Waals surface area (Å²) in [5, 5.41) is 20.8. The SMILES string of the molecule is NC(CCCCB(O)O)CC[C@@H]1CCCN1. The first-order valence-corrected chi connectivity index (χ1v) is 6.53. The van der Waals surface area contributed by atoms with Gasteiger partial charge in [0.05, 0.1) is 0 Å². The molecule has 16 heavy (non-hydrogen) atoms. The lowest BCUT2D eigenvalue weighted by atomic mass is 9.83. The molecule has 0 bridgehead atoms. The van der Waals surface area contributed by atoms with E-state index in [1.807, 2.05) is 0 Å². The van der Waals surface area contributed by atoms with Gasteiger partial charge in [0.25, 0.3) is 0 Å². The van der Waals surface area contributed by atoms with Crippen molar-refractivity contribution < 1.29 is 10.0 Å². The molecule has 0 aromatic carbocycles. The molecule has 0 aromatic heterocycles. The first kappa shape index (κ1) is 14.0. The van der Waals surface area contributed by atoms with E-state index in [0.717, 1.165) is 32.2 Å². The van der Waals surface area contributed by atoms with Crippen molar-refractivity contribution in [2.24, 2.45) is 5.73 Å². The van der Waals surface area contributed by atoms with E-state index in [1.54, 1.807) is 0 Å². The van der Waals surface area contributed by atoms with E-state index in [0.29, 0.717) is 12.4 Å². The zero-order valence-electron chi connectivity index (χ0n) is 10.1. The summed E-state index contributed by atoms with van der Waals surface area (Å²) in [5.74, 6) is 0. The van der Waals surface area contributed by atoms with Crippen molar-refractivity contribution >= 4 is 7.12 Å². The molecule has 0 radical (unpaired) electrons. The summed E-state index contributed by atoms with van der Waals surface area (Å²) in [7, 11) is -1.15. The molecule has 5 heteroatoms. The molecule has 0 saturated carbocycles. The molecule has 4 nitrogen and oxygen atoms in total. The molecule has 1 rings (SSSR count). The van der Waals surface area contributed by atoms with E-state index in [4.69, 9.17) is 15.8 Å². The van der Waals surface area contributed by atoms with Crippen molar-refractivity contribution in [2.75, 3.05) is 6.54 Å². The zero-order chi connectivity index (χ0) is 11.8. The van der Waals surface area contributed by atoms with Crippen LogP contribution < -0.4 is 11.1 Å². The molecular weight excluding hydrogens is 203 g/mol. The van der Waals surface area contributed by atoms with Crippen LogP contribution in [0.25, 0.3) is 0 Å². The molecule has 0 spiro atoms. The van der Waals surface area contributed by atoms with Gasteiger partial charge in [-0.05, 0) is 45.0 Å². The van der Waals surface area contributed by atoms with Gasteiger partial charge in [-0.15, -0.1) is 0 Å². The molecule has 1 fully saturated rings. The quantitative estimate of drug-likeness (QED) is 0.360. The minimum absolute atomic E-state index is 0.276. The standard InChI is InChI=1S/C11H25BN2O2/c13-10(4-1-2-8-12(15)16)6-7-11-5-3-9-14-11/h10-11,14-16H,1-9,13H2/t10?,11-/m0/s1. The molecule has 94 valence electrons. The summed E-state index contributed by atoms with van der Waals surface area (Å²) in [6.45, 7) is 1.16. The van der Waals surface area contributed by atoms with Crippen LogP contribution in [-0.2, 0) is 0 Å². The fraction of sp³-hybridized carbons (Fsp3) is 1.00. The van der Waals surface area contributed by atoms with Crippen LogP contribution in [0.4, 0.5) is 0 Å². The topological polar surface area (TPSA) is 78.5 Å². The number of nitrogens with one attached hydrogen (secondary N) is 1. The third-order valence-corrected chi connectivity index (χ3v) is 3.34. The molecule has 5 N–H and O–H groups in total. The van der Waals surface area contributed by atoms with Crippen LogP contribution in [-0.4, -0.2) is 35.8 Å². The summed E-state index contributed by atoms with van der Waals surface area (Å²) in [6.07, 6.45) is 8.18. The second kappa shape index (κ2) is 8.06. The molecule has 1 aliphatic rings. The van der Waals surface area contributed by atoms with Crippen LogP contribution >= 0.6 is 0 Å². The van der Waals surface area contributed by atoms with Crippen LogP contribution in [0, 0.1) is 0 Å². The van der Waals surface area contributed by atoms with Crippen molar-refractivity contribution in [2.45, 2.75) is 63.3 Å². The van der Waals surface area contributed by atoms with Gasteiger partial charge in [-0.2, -0.15) is 0 Å². The van der Waals surface area contributed by atoms with Gasteiger partial charge in [0, 0.05) is 12.1 Å². The van der Waals surface area contributed by atoms with Crippen molar-refractivity contribution in [1.82, 2.24) is 5.32 Å². The van der Waals surface area contributed by atoms with E-state index >= 15 is 0 Å². The van der Waals surface area contributed by atoms with Gasteiger partial charge in [0.2, 0.25) is 0 Å². The molecule has 0 aliphatic carbocycles. The van der Waals surface area contributed by atoms with Gasteiger partial charge < -0.3 is 21.1 Å². The lowest BCUT2D eigenvalue weighted by molar-refractivity contribution is 0.399. The van der Waals surface area contributed by atoms with E-state index in [2.05, 4.69) is 5.32 Å². The van der Waals surface area contributed by atoms with Gasteiger partial charge in [0.15, 0.2) is 0 Å². The largest absolute Gasteiger partial charge is 0.451 e. The number of unbranched alkanes of at least 4 members (excludes halogenated alkanes) is 1. The van der Waals surface area contributed by atoms with Gasteiger partial charge in [-0.1, -0.05) is 12.8 Å². The fourth-order valence-corrected chi connectivity index (χ4v) is 2.30. The Bertz CT molecular complexity index is 175. The first-order chi connectivity index (χ1) is 7.68. The van der Waals surface area contributed by atoms with Crippen molar-refractivity contribution in [1.29, 1.82) is 0 Å². The second-order valence-corrected chi connectivity index (χ2v) is 4.90. The molecule has 0 aromatic rings. The van der Waals surface area contributed by atoms with Crippen LogP contribution in [0.1, 0.15) is 44.9 Å². The Kier molecular flexibility index (Phi) is 7.04. The zero-order valence-corrected chi connectivity index (χ0v) is 10.1. The number of hydrogen-bond donors (Lipinski definition) is 4. The molecular formula is C11H25BN2O2. The third kappa shape index (κ3) is 6.48. The average molecular weight is 228 g/mol. The highest BCUT2D eigenvalue weighted by molar-refractivity contribution is 6.40. The van der Waals surface area contributed by atoms with Crippen LogP contribution in [0.15, 0.2) is 0 Å². The highest BCUT2D eigenvalue weighted by Gasteiger charge is 2.15. The van der Waals surface area contributed by atoms with E-state index in [9.17, 15) is 0 Å². The molecule has 2 atom stereocenters. The summed E-state index contributed by atoms with van der Waals surface area (Å²) in [4.78, 5) is 0. The Morgan fingerprint density at radius 2 is 2.12 bits per heavy atom. The van der Waals surface area contributed by atoms with Gasteiger partial charge in [0.1, 0.15) is 0 Å². The maximum Gasteiger partial charge on any atom is 0.451 e. The number of nitrogens with two attached hydrogens (primary N) is 1. The lowest BCUT2D eigenvalue weighted by Crippen LogP contribution is -2.26.